The third-order valence-corrected chi connectivity index (χ3v) is 2.57. The van der Waals surface area contributed by atoms with E-state index in [1.807, 2.05) is 6.92 Å². The Bertz CT molecular complexity index is 353. The van der Waals surface area contributed by atoms with Crippen LogP contribution in [-0.4, -0.2) is 10.9 Å². The summed E-state index contributed by atoms with van der Waals surface area (Å²) in [5, 5.41) is 13.1. The van der Waals surface area contributed by atoms with Crippen LogP contribution in [0.1, 0.15) is 18.9 Å². The predicted molar refractivity (Wildman–Crippen MR) is 60.1 cm³/mol. The minimum absolute atomic E-state index is 0.386. The average molecular weight is 253 g/mol. The first-order valence-corrected chi connectivity index (χ1v) is 5.09. The molecule has 0 saturated heterocycles. The van der Waals surface area contributed by atoms with Crippen molar-refractivity contribution in [2.24, 2.45) is 5.16 Å². The first-order valence-electron chi connectivity index (χ1n) is 3.96. The van der Waals surface area contributed by atoms with Crippen LogP contribution in [0.5, 0.6) is 0 Å². The van der Waals surface area contributed by atoms with Gasteiger partial charge < -0.3 is 5.21 Å². The number of halogens is 3. The molecule has 0 saturated carbocycles. The Morgan fingerprint density at radius 1 is 1.29 bits per heavy atom. The van der Waals surface area contributed by atoms with Gasteiger partial charge in [-0.3, -0.25) is 0 Å². The molecule has 76 valence electrons. The number of oxime groups is 1. The predicted octanol–water partition coefficient (Wildman–Crippen LogP) is 4.24. The lowest BCUT2D eigenvalue weighted by atomic mass is 10.1. The van der Waals surface area contributed by atoms with E-state index in [-0.39, 0.29) is 0 Å². The molecule has 0 amide bonds. The summed E-state index contributed by atoms with van der Waals surface area (Å²) >= 11 is 17.6. The summed E-state index contributed by atoms with van der Waals surface area (Å²) < 4.78 is 0. The lowest BCUT2D eigenvalue weighted by molar-refractivity contribution is 0.318. The Kier molecular flexibility index (Phi) is 4.05. The Labute approximate surface area is 97.1 Å². The van der Waals surface area contributed by atoms with E-state index in [1.165, 1.54) is 0 Å². The molecule has 14 heavy (non-hydrogen) atoms. The molecule has 0 radical (unpaired) electrons. The maximum absolute atomic E-state index is 8.74. The van der Waals surface area contributed by atoms with E-state index in [0.29, 0.717) is 32.8 Å². The first kappa shape index (κ1) is 11.6. The van der Waals surface area contributed by atoms with Gasteiger partial charge in [0.15, 0.2) is 0 Å². The summed E-state index contributed by atoms with van der Waals surface area (Å²) in [6, 6.07) is 3.12. The lowest BCUT2D eigenvalue weighted by Crippen LogP contribution is -2.01. The van der Waals surface area contributed by atoms with Gasteiger partial charge in [0.25, 0.3) is 0 Å². The van der Waals surface area contributed by atoms with Gasteiger partial charge in [-0.15, -0.1) is 0 Å². The minimum atomic E-state index is 0.386. The molecule has 1 aromatic carbocycles. The molecule has 2 nitrogen and oxygen atoms in total. The summed E-state index contributed by atoms with van der Waals surface area (Å²) in [6.45, 7) is 1.84. The number of hydrogen-bond donors (Lipinski definition) is 1. The van der Waals surface area contributed by atoms with Crippen molar-refractivity contribution in [1.82, 2.24) is 0 Å². The highest BCUT2D eigenvalue weighted by molar-refractivity contribution is 6.42. The zero-order valence-electron chi connectivity index (χ0n) is 7.39. The molecule has 0 spiro atoms. The van der Waals surface area contributed by atoms with Gasteiger partial charge in [0.05, 0.1) is 15.8 Å². The zero-order valence-corrected chi connectivity index (χ0v) is 9.66. The van der Waals surface area contributed by atoms with Crippen LogP contribution in [0.4, 0.5) is 0 Å². The van der Waals surface area contributed by atoms with Gasteiger partial charge in [0, 0.05) is 10.6 Å². The molecular formula is C9H8Cl3NO. The van der Waals surface area contributed by atoms with Gasteiger partial charge >= 0.3 is 0 Å². The Balaban J connectivity index is 3.34. The number of hydrogen-bond acceptors (Lipinski definition) is 2. The molecule has 0 heterocycles. The van der Waals surface area contributed by atoms with Crippen LogP contribution in [0.25, 0.3) is 0 Å². The van der Waals surface area contributed by atoms with Gasteiger partial charge in [-0.05, 0) is 18.6 Å². The SMILES string of the molecule is CC/C(=N\O)c1c(Cl)cc(Cl)cc1Cl. The molecular weight excluding hydrogens is 244 g/mol. The molecule has 0 atom stereocenters. The highest BCUT2D eigenvalue weighted by atomic mass is 35.5. The molecule has 1 aromatic rings. The van der Waals surface area contributed by atoms with Crippen molar-refractivity contribution in [2.75, 3.05) is 0 Å². The van der Waals surface area contributed by atoms with E-state index in [4.69, 9.17) is 40.0 Å². The van der Waals surface area contributed by atoms with E-state index in [0.717, 1.165) is 0 Å². The van der Waals surface area contributed by atoms with E-state index in [2.05, 4.69) is 5.16 Å². The van der Waals surface area contributed by atoms with Gasteiger partial charge in [-0.2, -0.15) is 0 Å². The second-order valence-electron chi connectivity index (χ2n) is 2.64. The van der Waals surface area contributed by atoms with Crippen molar-refractivity contribution < 1.29 is 5.21 Å². The van der Waals surface area contributed by atoms with E-state index in [9.17, 15) is 0 Å². The summed E-state index contributed by atoms with van der Waals surface area (Å²) in [5.74, 6) is 0. The summed E-state index contributed by atoms with van der Waals surface area (Å²) in [6.07, 6.45) is 0.539. The van der Waals surface area contributed by atoms with Gasteiger partial charge in [0.1, 0.15) is 0 Å². The number of benzene rings is 1. The molecule has 0 fully saturated rings. The van der Waals surface area contributed by atoms with Crippen molar-refractivity contribution >= 4 is 40.5 Å². The minimum Gasteiger partial charge on any atom is -0.411 e. The fourth-order valence-electron chi connectivity index (χ4n) is 1.12. The maximum Gasteiger partial charge on any atom is 0.0895 e. The standard InChI is InChI=1S/C9H8Cl3NO/c1-2-8(13-14)9-6(11)3-5(10)4-7(9)12/h3-4,14H,2H2,1H3/b13-8+. The van der Waals surface area contributed by atoms with Crippen LogP contribution in [0.15, 0.2) is 17.3 Å². The van der Waals surface area contributed by atoms with E-state index in [1.54, 1.807) is 12.1 Å². The van der Waals surface area contributed by atoms with Gasteiger partial charge in [-0.25, -0.2) is 0 Å². The van der Waals surface area contributed by atoms with Crippen LogP contribution in [0.2, 0.25) is 15.1 Å². The van der Waals surface area contributed by atoms with Crippen LogP contribution in [-0.2, 0) is 0 Å². The molecule has 0 aliphatic heterocycles. The molecule has 5 heteroatoms. The third-order valence-electron chi connectivity index (χ3n) is 1.75. The van der Waals surface area contributed by atoms with Crippen LogP contribution in [0.3, 0.4) is 0 Å². The van der Waals surface area contributed by atoms with Crippen molar-refractivity contribution in [2.45, 2.75) is 13.3 Å². The maximum atomic E-state index is 8.74. The van der Waals surface area contributed by atoms with Crippen molar-refractivity contribution in [3.63, 3.8) is 0 Å². The van der Waals surface area contributed by atoms with Crippen LogP contribution >= 0.6 is 34.8 Å². The van der Waals surface area contributed by atoms with Crippen molar-refractivity contribution in [3.05, 3.63) is 32.8 Å². The molecule has 1 rings (SSSR count). The zero-order chi connectivity index (χ0) is 10.7. The second kappa shape index (κ2) is 4.87. The van der Waals surface area contributed by atoms with E-state index < -0.39 is 0 Å². The second-order valence-corrected chi connectivity index (χ2v) is 3.90. The highest BCUT2D eigenvalue weighted by Gasteiger charge is 2.12. The van der Waals surface area contributed by atoms with Crippen molar-refractivity contribution in [3.8, 4) is 0 Å². The van der Waals surface area contributed by atoms with Gasteiger partial charge in [0.2, 0.25) is 0 Å². The summed E-state index contributed by atoms with van der Waals surface area (Å²) in [7, 11) is 0. The normalized spacial score (nSPS) is 11.9. The quantitative estimate of drug-likeness (QED) is 0.477. The Morgan fingerprint density at radius 3 is 2.14 bits per heavy atom. The van der Waals surface area contributed by atoms with Crippen LogP contribution < -0.4 is 0 Å². The lowest BCUT2D eigenvalue weighted by Gasteiger charge is -2.07. The van der Waals surface area contributed by atoms with Crippen molar-refractivity contribution in [1.29, 1.82) is 0 Å². The Hall–Kier alpha value is -0.440. The fraction of sp³-hybridized carbons (Fsp3) is 0.222. The summed E-state index contributed by atoms with van der Waals surface area (Å²) in [4.78, 5) is 0. The molecule has 1 N–H and O–H groups in total. The monoisotopic (exact) mass is 251 g/mol. The van der Waals surface area contributed by atoms with E-state index >= 15 is 0 Å². The van der Waals surface area contributed by atoms with Gasteiger partial charge in [-0.1, -0.05) is 46.9 Å². The first-order chi connectivity index (χ1) is 6.60. The topological polar surface area (TPSA) is 32.6 Å². The average Bonchev–Trinajstić information content (AvgIpc) is 2.10. The number of rotatable bonds is 2. The molecule has 0 aliphatic rings. The Morgan fingerprint density at radius 2 is 1.79 bits per heavy atom. The summed E-state index contributed by atoms with van der Waals surface area (Å²) in [5.41, 5.74) is 0.972. The fourth-order valence-corrected chi connectivity index (χ4v) is 2.15. The highest BCUT2D eigenvalue weighted by Crippen LogP contribution is 2.30. The third kappa shape index (κ3) is 2.32. The molecule has 0 unspecified atom stereocenters. The smallest absolute Gasteiger partial charge is 0.0895 e. The molecule has 0 aliphatic carbocycles. The largest absolute Gasteiger partial charge is 0.411 e. The van der Waals surface area contributed by atoms with Crippen LogP contribution in [0, 0.1) is 0 Å². The molecule has 0 aromatic heterocycles. The number of nitrogens with zero attached hydrogens (tertiary/aromatic N) is 1. The molecule has 0 bridgehead atoms.